The number of nitrogens with zero attached hydrogens (tertiary/aromatic N) is 1. The van der Waals surface area contributed by atoms with Crippen molar-refractivity contribution in [1.29, 1.82) is 0 Å². The molecule has 3 rings (SSSR count). The third-order valence-electron chi connectivity index (χ3n) is 3.07. The maximum atomic E-state index is 13.7. The molecule has 0 spiro atoms. The number of hydrazone groups is 1. The number of halogens is 1. The van der Waals surface area contributed by atoms with E-state index >= 15 is 0 Å². The van der Waals surface area contributed by atoms with Gasteiger partial charge in [0.05, 0.1) is 11.9 Å². The highest BCUT2D eigenvalue weighted by Crippen LogP contribution is 2.20. The number of rotatable bonds is 3. The topological polar surface area (TPSA) is 24.4 Å². The van der Waals surface area contributed by atoms with E-state index in [9.17, 15) is 4.39 Å². The van der Waals surface area contributed by atoms with Gasteiger partial charge in [0.15, 0.2) is 0 Å². The van der Waals surface area contributed by atoms with Crippen molar-refractivity contribution in [2.75, 3.05) is 5.43 Å². The van der Waals surface area contributed by atoms with Gasteiger partial charge in [0, 0.05) is 10.9 Å². The Morgan fingerprint density at radius 1 is 0.800 bits per heavy atom. The summed E-state index contributed by atoms with van der Waals surface area (Å²) in [7, 11) is 0. The second kappa shape index (κ2) is 5.53. The number of benzene rings is 3. The monoisotopic (exact) mass is 264 g/mol. The van der Waals surface area contributed by atoms with Gasteiger partial charge in [-0.05, 0) is 23.6 Å². The molecule has 0 aliphatic carbocycles. The lowest BCUT2D eigenvalue weighted by Gasteiger charge is -2.03. The van der Waals surface area contributed by atoms with Crippen LogP contribution >= 0.6 is 0 Å². The summed E-state index contributed by atoms with van der Waals surface area (Å²) in [6.07, 6.45) is 1.70. The highest BCUT2D eigenvalue weighted by molar-refractivity contribution is 6.00. The molecule has 0 aliphatic rings. The Morgan fingerprint density at radius 3 is 2.40 bits per heavy atom. The Kier molecular flexibility index (Phi) is 3.42. The Labute approximate surface area is 116 Å². The molecule has 3 aromatic rings. The van der Waals surface area contributed by atoms with Gasteiger partial charge in [-0.3, -0.25) is 5.43 Å². The van der Waals surface area contributed by atoms with E-state index in [1.807, 2.05) is 48.5 Å². The number of anilines is 1. The van der Waals surface area contributed by atoms with E-state index < -0.39 is 0 Å². The second-order valence-electron chi connectivity index (χ2n) is 4.42. The van der Waals surface area contributed by atoms with Gasteiger partial charge in [-0.25, -0.2) is 4.39 Å². The number of fused-ring (bicyclic) bond motifs is 1. The van der Waals surface area contributed by atoms with Gasteiger partial charge in [-0.2, -0.15) is 5.10 Å². The first kappa shape index (κ1) is 12.4. The molecule has 20 heavy (non-hydrogen) atoms. The summed E-state index contributed by atoms with van der Waals surface area (Å²) in [5.41, 5.74) is 4.74. The van der Waals surface area contributed by atoms with Gasteiger partial charge < -0.3 is 0 Å². The van der Waals surface area contributed by atoms with Crippen molar-refractivity contribution in [3.05, 3.63) is 78.1 Å². The fourth-order valence-electron chi connectivity index (χ4n) is 2.10. The molecule has 0 fully saturated rings. The first-order chi connectivity index (χ1) is 9.84. The lowest BCUT2D eigenvalue weighted by Crippen LogP contribution is -1.91. The SMILES string of the molecule is Fc1cccc2c(C=NNc3ccccc3)cccc12. The zero-order chi connectivity index (χ0) is 13.8. The lowest BCUT2D eigenvalue weighted by molar-refractivity contribution is 0.640. The van der Waals surface area contributed by atoms with E-state index in [0.717, 1.165) is 16.6 Å². The average Bonchev–Trinajstić information content (AvgIpc) is 2.49. The predicted molar refractivity (Wildman–Crippen MR) is 81.6 cm³/mol. The molecule has 3 heteroatoms. The molecule has 3 aromatic carbocycles. The van der Waals surface area contributed by atoms with Crippen molar-refractivity contribution in [3.8, 4) is 0 Å². The van der Waals surface area contributed by atoms with Crippen LogP contribution in [0.25, 0.3) is 10.8 Å². The number of para-hydroxylation sites is 1. The second-order valence-corrected chi connectivity index (χ2v) is 4.42. The summed E-state index contributed by atoms with van der Waals surface area (Å²) < 4.78 is 13.7. The molecule has 0 radical (unpaired) electrons. The van der Waals surface area contributed by atoms with Crippen molar-refractivity contribution in [2.45, 2.75) is 0 Å². The lowest BCUT2D eigenvalue weighted by atomic mass is 10.1. The molecule has 2 nitrogen and oxygen atoms in total. The summed E-state index contributed by atoms with van der Waals surface area (Å²) in [4.78, 5) is 0. The minimum Gasteiger partial charge on any atom is -0.279 e. The maximum Gasteiger partial charge on any atom is 0.131 e. The molecule has 0 aliphatic heterocycles. The first-order valence-electron chi connectivity index (χ1n) is 6.36. The molecule has 0 bridgehead atoms. The average molecular weight is 264 g/mol. The summed E-state index contributed by atoms with van der Waals surface area (Å²) in [6, 6.07) is 20.3. The van der Waals surface area contributed by atoms with Gasteiger partial charge in [0.1, 0.15) is 5.82 Å². The van der Waals surface area contributed by atoms with Crippen molar-refractivity contribution in [1.82, 2.24) is 0 Å². The highest BCUT2D eigenvalue weighted by Gasteiger charge is 2.02. The van der Waals surface area contributed by atoms with E-state index in [4.69, 9.17) is 0 Å². The Balaban J connectivity index is 1.90. The molecule has 0 amide bonds. The molecular weight excluding hydrogens is 251 g/mol. The Morgan fingerprint density at radius 2 is 1.55 bits per heavy atom. The Hall–Kier alpha value is -2.68. The van der Waals surface area contributed by atoms with E-state index in [2.05, 4.69) is 10.5 Å². The summed E-state index contributed by atoms with van der Waals surface area (Å²) in [5.74, 6) is -0.214. The quantitative estimate of drug-likeness (QED) is 0.549. The normalized spacial score (nSPS) is 11.1. The van der Waals surface area contributed by atoms with Gasteiger partial charge in [-0.1, -0.05) is 48.5 Å². The van der Waals surface area contributed by atoms with Gasteiger partial charge in [0.2, 0.25) is 0 Å². The van der Waals surface area contributed by atoms with Crippen LogP contribution in [0.1, 0.15) is 5.56 Å². The van der Waals surface area contributed by atoms with Crippen molar-refractivity contribution in [2.24, 2.45) is 5.10 Å². The summed E-state index contributed by atoms with van der Waals surface area (Å²) >= 11 is 0. The zero-order valence-electron chi connectivity index (χ0n) is 10.8. The van der Waals surface area contributed by atoms with Crippen molar-refractivity contribution in [3.63, 3.8) is 0 Å². The number of hydrogen-bond donors (Lipinski definition) is 1. The van der Waals surface area contributed by atoms with Crippen LogP contribution in [0.15, 0.2) is 71.8 Å². The minimum absolute atomic E-state index is 0.214. The molecule has 0 unspecified atom stereocenters. The fourth-order valence-corrected chi connectivity index (χ4v) is 2.10. The molecule has 0 saturated carbocycles. The number of nitrogens with one attached hydrogen (secondary N) is 1. The standard InChI is InChI=1S/C17H13FN2/c18-17-11-5-9-15-13(6-4-10-16(15)17)12-19-20-14-7-2-1-3-8-14/h1-12,20H. The van der Waals surface area contributed by atoms with E-state index in [1.54, 1.807) is 18.3 Å². The zero-order valence-corrected chi connectivity index (χ0v) is 10.8. The molecule has 0 atom stereocenters. The van der Waals surface area contributed by atoms with Crippen LogP contribution in [0.2, 0.25) is 0 Å². The maximum absolute atomic E-state index is 13.7. The van der Waals surface area contributed by atoms with Gasteiger partial charge in [0.25, 0.3) is 0 Å². The number of hydrogen-bond acceptors (Lipinski definition) is 2. The highest BCUT2D eigenvalue weighted by atomic mass is 19.1. The Bertz CT molecular complexity index is 751. The van der Waals surface area contributed by atoms with E-state index in [1.165, 1.54) is 6.07 Å². The van der Waals surface area contributed by atoms with Gasteiger partial charge >= 0.3 is 0 Å². The first-order valence-corrected chi connectivity index (χ1v) is 6.36. The minimum atomic E-state index is -0.214. The van der Waals surface area contributed by atoms with Gasteiger partial charge in [-0.15, -0.1) is 0 Å². The van der Waals surface area contributed by atoms with Crippen LogP contribution in [0, 0.1) is 5.82 Å². The molecule has 0 heterocycles. The predicted octanol–water partition coefficient (Wildman–Crippen LogP) is 4.42. The van der Waals surface area contributed by atoms with Crippen molar-refractivity contribution >= 4 is 22.7 Å². The van der Waals surface area contributed by atoms with Crippen LogP contribution in [-0.4, -0.2) is 6.21 Å². The molecular formula is C17H13FN2. The largest absolute Gasteiger partial charge is 0.279 e. The van der Waals surface area contributed by atoms with Crippen LogP contribution in [0.3, 0.4) is 0 Å². The van der Waals surface area contributed by atoms with E-state index in [0.29, 0.717) is 5.39 Å². The van der Waals surface area contributed by atoms with Crippen molar-refractivity contribution < 1.29 is 4.39 Å². The van der Waals surface area contributed by atoms with Crippen LogP contribution in [0.4, 0.5) is 10.1 Å². The van der Waals surface area contributed by atoms with Crippen LogP contribution in [0.5, 0.6) is 0 Å². The fraction of sp³-hybridized carbons (Fsp3) is 0. The smallest absolute Gasteiger partial charge is 0.131 e. The summed E-state index contributed by atoms with van der Waals surface area (Å²) in [6.45, 7) is 0. The van der Waals surface area contributed by atoms with Crippen LogP contribution < -0.4 is 5.43 Å². The van der Waals surface area contributed by atoms with E-state index in [-0.39, 0.29) is 5.82 Å². The summed E-state index contributed by atoms with van der Waals surface area (Å²) in [5, 5.41) is 5.65. The molecule has 0 saturated heterocycles. The molecule has 1 N–H and O–H groups in total. The molecule has 98 valence electrons. The third-order valence-corrected chi connectivity index (χ3v) is 3.07. The van der Waals surface area contributed by atoms with Crippen LogP contribution in [-0.2, 0) is 0 Å². The molecule has 0 aromatic heterocycles. The third kappa shape index (κ3) is 2.52.